The number of aliphatic hydroxyl groups excluding tert-OH is 5. The molecule has 3 unspecified atom stereocenters. The van der Waals surface area contributed by atoms with Crippen LogP contribution in [0.3, 0.4) is 0 Å². The fourth-order valence-electron chi connectivity index (χ4n) is 3.42. The highest BCUT2D eigenvalue weighted by atomic mass is 16.5. The van der Waals surface area contributed by atoms with Crippen molar-refractivity contribution in [3.63, 3.8) is 0 Å². The second-order valence-corrected chi connectivity index (χ2v) is 6.62. The molecular formula is C20H24O6. The van der Waals surface area contributed by atoms with Crippen molar-refractivity contribution >= 4 is 0 Å². The highest BCUT2D eigenvalue weighted by Crippen LogP contribution is 2.37. The second kappa shape index (κ2) is 7.84. The maximum absolute atomic E-state index is 10.4. The summed E-state index contributed by atoms with van der Waals surface area (Å²) >= 11 is 0. The molecule has 0 bridgehead atoms. The fourth-order valence-corrected chi connectivity index (χ4v) is 3.42. The molecule has 1 aliphatic heterocycles. The lowest BCUT2D eigenvalue weighted by atomic mass is 9.87. The van der Waals surface area contributed by atoms with Crippen molar-refractivity contribution in [1.82, 2.24) is 0 Å². The molecule has 0 radical (unpaired) electrons. The van der Waals surface area contributed by atoms with Gasteiger partial charge in [-0.05, 0) is 34.7 Å². The molecule has 3 rings (SSSR count). The van der Waals surface area contributed by atoms with Gasteiger partial charge in [-0.25, -0.2) is 0 Å². The molecule has 1 heterocycles. The predicted molar refractivity (Wildman–Crippen MR) is 95.3 cm³/mol. The minimum absolute atomic E-state index is 0.0236. The highest BCUT2D eigenvalue weighted by Gasteiger charge is 2.44. The van der Waals surface area contributed by atoms with E-state index in [1.54, 1.807) is 6.07 Å². The van der Waals surface area contributed by atoms with E-state index >= 15 is 0 Å². The number of ether oxygens (including phenoxy) is 1. The van der Waals surface area contributed by atoms with Gasteiger partial charge in [0.1, 0.15) is 30.5 Å². The first-order valence-corrected chi connectivity index (χ1v) is 8.58. The molecule has 6 heteroatoms. The van der Waals surface area contributed by atoms with Gasteiger partial charge in [0.15, 0.2) is 0 Å². The summed E-state index contributed by atoms with van der Waals surface area (Å²) in [5.74, 6) is 0. The number of rotatable bonds is 4. The number of hydrogen-bond acceptors (Lipinski definition) is 6. The van der Waals surface area contributed by atoms with E-state index in [0.717, 1.165) is 22.3 Å². The Hall–Kier alpha value is -1.80. The lowest BCUT2D eigenvalue weighted by Gasteiger charge is -2.40. The molecule has 5 atom stereocenters. The average molecular weight is 360 g/mol. The van der Waals surface area contributed by atoms with E-state index in [4.69, 9.17) is 4.74 Å². The molecule has 0 saturated carbocycles. The van der Waals surface area contributed by atoms with Crippen LogP contribution in [0.4, 0.5) is 0 Å². The summed E-state index contributed by atoms with van der Waals surface area (Å²) in [5, 5.41) is 49.0. The van der Waals surface area contributed by atoms with E-state index in [-0.39, 0.29) is 6.61 Å². The van der Waals surface area contributed by atoms with E-state index in [2.05, 4.69) is 0 Å². The molecular weight excluding hydrogens is 336 g/mol. The molecule has 0 amide bonds. The van der Waals surface area contributed by atoms with Crippen molar-refractivity contribution in [2.24, 2.45) is 0 Å². The first-order chi connectivity index (χ1) is 12.5. The largest absolute Gasteiger partial charge is 0.394 e. The standard InChI is InChI=1S/C20H24O6/c1-11-14(13-7-5-12(9-21)6-8-13)3-2-4-15(11)20-19(25)18(24)17(23)16(10-22)26-20/h2-8,16-25H,9-10H2,1H3/t16?,17-,18?,19?,20-/m1/s1. The minimum atomic E-state index is -1.40. The third kappa shape index (κ3) is 3.40. The summed E-state index contributed by atoms with van der Waals surface area (Å²) in [6.07, 6.45) is -5.88. The first-order valence-electron chi connectivity index (χ1n) is 8.58. The Bertz CT molecular complexity index is 742. The lowest BCUT2D eigenvalue weighted by Crippen LogP contribution is -2.55. The van der Waals surface area contributed by atoms with Crippen LogP contribution in [0.5, 0.6) is 0 Å². The van der Waals surface area contributed by atoms with Gasteiger partial charge in [0.05, 0.1) is 13.2 Å². The van der Waals surface area contributed by atoms with Gasteiger partial charge in [-0.3, -0.25) is 0 Å². The summed E-state index contributed by atoms with van der Waals surface area (Å²) in [6, 6.07) is 13.1. The molecule has 140 valence electrons. The molecule has 2 aromatic carbocycles. The summed E-state index contributed by atoms with van der Waals surface area (Å²) in [6.45, 7) is 1.42. The van der Waals surface area contributed by atoms with Crippen LogP contribution in [0.2, 0.25) is 0 Å². The summed E-state index contributed by atoms with van der Waals surface area (Å²) in [7, 11) is 0. The third-order valence-corrected chi connectivity index (χ3v) is 5.02. The van der Waals surface area contributed by atoms with E-state index in [1.165, 1.54) is 0 Å². The van der Waals surface area contributed by atoms with Crippen molar-refractivity contribution in [3.05, 3.63) is 59.2 Å². The monoisotopic (exact) mass is 360 g/mol. The molecule has 1 aliphatic rings. The summed E-state index contributed by atoms with van der Waals surface area (Å²) in [4.78, 5) is 0. The Morgan fingerprint density at radius 2 is 1.58 bits per heavy atom. The Morgan fingerprint density at radius 3 is 2.19 bits per heavy atom. The third-order valence-electron chi connectivity index (χ3n) is 5.02. The Morgan fingerprint density at radius 1 is 0.885 bits per heavy atom. The first kappa shape index (κ1) is 19.0. The van der Waals surface area contributed by atoms with Crippen molar-refractivity contribution in [1.29, 1.82) is 0 Å². The molecule has 1 fully saturated rings. The van der Waals surface area contributed by atoms with Gasteiger partial charge in [0, 0.05) is 0 Å². The zero-order valence-electron chi connectivity index (χ0n) is 14.5. The van der Waals surface area contributed by atoms with E-state index in [1.807, 2.05) is 43.3 Å². The molecule has 5 N–H and O–H groups in total. The smallest absolute Gasteiger partial charge is 0.113 e. The molecule has 2 aromatic rings. The predicted octanol–water partition coefficient (Wildman–Crippen LogP) is 0.669. The molecule has 26 heavy (non-hydrogen) atoms. The quantitative estimate of drug-likeness (QED) is 0.548. The number of hydrogen-bond donors (Lipinski definition) is 5. The van der Waals surface area contributed by atoms with Gasteiger partial charge in [0.2, 0.25) is 0 Å². The van der Waals surface area contributed by atoms with Gasteiger partial charge in [-0.1, -0.05) is 42.5 Å². The minimum Gasteiger partial charge on any atom is -0.394 e. The van der Waals surface area contributed by atoms with Gasteiger partial charge < -0.3 is 30.3 Å². The van der Waals surface area contributed by atoms with Gasteiger partial charge in [0.25, 0.3) is 0 Å². The fraction of sp³-hybridized carbons (Fsp3) is 0.400. The van der Waals surface area contributed by atoms with Crippen LogP contribution in [0.1, 0.15) is 22.8 Å². The average Bonchev–Trinajstić information content (AvgIpc) is 2.67. The van der Waals surface area contributed by atoms with E-state index < -0.39 is 37.1 Å². The Balaban J connectivity index is 1.98. The number of benzene rings is 2. The Labute approximate surface area is 151 Å². The maximum atomic E-state index is 10.4. The van der Waals surface area contributed by atoms with E-state index in [0.29, 0.717) is 5.56 Å². The topological polar surface area (TPSA) is 110 Å². The van der Waals surface area contributed by atoms with Crippen LogP contribution < -0.4 is 0 Å². The van der Waals surface area contributed by atoms with Gasteiger partial charge in [-0.15, -0.1) is 0 Å². The molecule has 0 aromatic heterocycles. The molecule has 6 nitrogen and oxygen atoms in total. The Kier molecular flexibility index (Phi) is 5.72. The molecule has 0 spiro atoms. The highest BCUT2D eigenvalue weighted by molar-refractivity contribution is 5.69. The van der Waals surface area contributed by atoms with Crippen molar-refractivity contribution in [2.75, 3.05) is 6.61 Å². The van der Waals surface area contributed by atoms with E-state index in [9.17, 15) is 25.5 Å². The van der Waals surface area contributed by atoms with Gasteiger partial charge >= 0.3 is 0 Å². The van der Waals surface area contributed by atoms with Crippen molar-refractivity contribution in [3.8, 4) is 11.1 Å². The van der Waals surface area contributed by atoms with Crippen LogP contribution in [0, 0.1) is 6.92 Å². The molecule has 0 aliphatic carbocycles. The van der Waals surface area contributed by atoms with Crippen molar-refractivity contribution < 1.29 is 30.3 Å². The lowest BCUT2D eigenvalue weighted by molar-refractivity contribution is -0.231. The second-order valence-electron chi connectivity index (χ2n) is 6.62. The van der Waals surface area contributed by atoms with Crippen LogP contribution in [0.15, 0.2) is 42.5 Å². The van der Waals surface area contributed by atoms with Crippen LogP contribution in [-0.4, -0.2) is 56.6 Å². The van der Waals surface area contributed by atoms with Crippen LogP contribution in [0.25, 0.3) is 11.1 Å². The van der Waals surface area contributed by atoms with Crippen LogP contribution in [-0.2, 0) is 11.3 Å². The van der Waals surface area contributed by atoms with Crippen molar-refractivity contribution in [2.45, 2.75) is 44.1 Å². The normalized spacial score (nSPS) is 28.9. The zero-order chi connectivity index (χ0) is 18.8. The SMILES string of the molecule is Cc1c(-c2ccc(CO)cc2)cccc1[C@H]1OC(CO)[C@@H](O)C(O)C1O. The summed E-state index contributed by atoms with van der Waals surface area (Å²) in [5.41, 5.74) is 4.26. The molecule has 1 saturated heterocycles. The number of aliphatic hydroxyl groups is 5. The maximum Gasteiger partial charge on any atom is 0.113 e. The van der Waals surface area contributed by atoms with Crippen LogP contribution >= 0.6 is 0 Å². The van der Waals surface area contributed by atoms with Gasteiger partial charge in [-0.2, -0.15) is 0 Å². The summed E-state index contributed by atoms with van der Waals surface area (Å²) < 4.78 is 5.68. The zero-order valence-corrected chi connectivity index (χ0v) is 14.5.